The summed E-state index contributed by atoms with van der Waals surface area (Å²) in [5.41, 5.74) is 5.19. The van der Waals surface area contributed by atoms with Crippen LogP contribution in [0, 0.1) is 5.41 Å². The van der Waals surface area contributed by atoms with Crippen LogP contribution in [-0.4, -0.2) is 10.2 Å². The molecule has 3 N–H and O–H groups in total. The van der Waals surface area contributed by atoms with E-state index in [0.717, 1.165) is 5.76 Å². The van der Waals surface area contributed by atoms with Gasteiger partial charge in [-0.1, -0.05) is 32.5 Å². The smallest absolute Gasteiger partial charge is 0.204 e. The number of amidine groups is 1. The molecule has 0 atom stereocenters. The van der Waals surface area contributed by atoms with Crippen LogP contribution in [0.2, 0.25) is 0 Å². The minimum absolute atomic E-state index is 0.0217. The van der Waals surface area contributed by atoms with Crippen LogP contribution in [0.15, 0.2) is 10.6 Å². The van der Waals surface area contributed by atoms with E-state index < -0.39 is 0 Å². The van der Waals surface area contributed by atoms with E-state index in [1.165, 1.54) is 11.8 Å². The molecule has 0 unspecified atom stereocenters. The standard InChI is InChI=1S/C9H15N3OS/c1-9(2,3)6-4-12-7(13-6)5-14-8(10)11/h4H,5H2,1-3H3,(H3,10,11). The van der Waals surface area contributed by atoms with Gasteiger partial charge >= 0.3 is 0 Å². The van der Waals surface area contributed by atoms with Crippen LogP contribution in [0.1, 0.15) is 32.4 Å². The van der Waals surface area contributed by atoms with Crippen molar-refractivity contribution in [1.29, 1.82) is 5.41 Å². The lowest BCUT2D eigenvalue weighted by Gasteiger charge is -2.12. The van der Waals surface area contributed by atoms with Gasteiger partial charge in [0.25, 0.3) is 0 Å². The molecule has 1 heterocycles. The molecule has 0 radical (unpaired) electrons. The van der Waals surface area contributed by atoms with Crippen molar-refractivity contribution < 1.29 is 4.42 Å². The minimum Gasteiger partial charge on any atom is -0.444 e. The lowest BCUT2D eigenvalue weighted by atomic mass is 9.94. The first-order chi connectivity index (χ1) is 6.39. The first-order valence-corrected chi connectivity index (χ1v) is 5.30. The monoisotopic (exact) mass is 213 g/mol. The van der Waals surface area contributed by atoms with Gasteiger partial charge in [-0.2, -0.15) is 0 Å². The summed E-state index contributed by atoms with van der Waals surface area (Å²) >= 11 is 1.21. The molecule has 14 heavy (non-hydrogen) atoms. The predicted octanol–water partition coefficient (Wildman–Crippen LogP) is 2.10. The number of nitrogens with one attached hydrogen (secondary N) is 1. The maximum absolute atomic E-state index is 7.04. The van der Waals surface area contributed by atoms with Gasteiger partial charge in [0.15, 0.2) is 5.17 Å². The van der Waals surface area contributed by atoms with Crippen LogP contribution >= 0.6 is 11.8 Å². The van der Waals surface area contributed by atoms with Gasteiger partial charge < -0.3 is 10.2 Å². The van der Waals surface area contributed by atoms with E-state index in [2.05, 4.69) is 25.8 Å². The van der Waals surface area contributed by atoms with E-state index in [4.69, 9.17) is 15.6 Å². The van der Waals surface area contributed by atoms with Crippen molar-refractivity contribution in [3.8, 4) is 0 Å². The highest BCUT2D eigenvalue weighted by molar-refractivity contribution is 8.12. The molecule has 0 saturated heterocycles. The summed E-state index contributed by atoms with van der Waals surface area (Å²) in [5, 5.41) is 7.13. The lowest BCUT2D eigenvalue weighted by Crippen LogP contribution is -2.09. The molecule has 5 heteroatoms. The largest absolute Gasteiger partial charge is 0.444 e. The van der Waals surface area contributed by atoms with E-state index in [-0.39, 0.29) is 10.6 Å². The molecule has 0 amide bonds. The quantitative estimate of drug-likeness (QED) is 0.582. The molecule has 1 aromatic heterocycles. The van der Waals surface area contributed by atoms with Crippen molar-refractivity contribution in [2.45, 2.75) is 31.9 Å². The summed E-state index contributed by atoms with van der Waals surface area (Å²) in [6, 6.07) is 0. The Morgan fingerprint density at radius 1 is 1.64 bits per heavy atom. The van der Waals surface area contributed by atoms with Gasteiger partial charge in [0.1, 0.15) is 5.76 Å². The summed E-state index contributed by atoms with van der Waals surface area (Å²) in [5.74, 6) is 2.00. The third kappa shape index (κ3) is 3.06. The van der Waals surface area contributed by atoms with Crippen LogP contribution in [0.5, 0.6) is 0 Å². The average Bonchev–Trinajstić information content (AvgIpc) is 2.47. The van der Waals surface area contributed by atoms with Crippen molar-refractivity contribution in [3.05, 3.63) is 17.8 Å². The molecule has 78 valence electrons. The average molecular weight is 213 g/mol. The van der Waals surface area contributed by atoms with Crippen LogP contribution in [0.25, 0.3) is 0 Å². The Balaban J connectivity index is 2.64. The van der Waals surface area contributed by atoms with Crippen molar-refractivity contribution in [1.82, 2.24) is 4.98 Å². The molecule has 0 spiro atoms. The van der Waals surface area contributed by atoms with Crippen LogP contribution < -0.4 is 5.73 Å². The summed E-state index contributed by atoms with van der Waals surface area (Å²) in [6.07, 6.45) is 1.73. The fourth-order valence-electron chi connectivity index (χ4n) is 0.863. The highest BCUT2D eigenvalue weighted by Gasteiger charge is 2.18. The normalized spacial score (nSPS) is 11.6. The molecule has 0 aliphatic heterocycles. The van der Waals surface area contributed by atoms with Gasteiger partial charge in [-0.25, -0.2) is 4.98 Å². The number of aromatic nitrogens is 1. The Morgan fingerprint density at radius 2 is 2.29 bits per heavy atom. The summed E-state index contributed by atoms with van der Waals surface area (Å²) < 4.78 is 5.51. The number of hydrogen-bond donors (Lipinski definition) is 2. The zero-order chi connectivity index (χ0) is 10.8. The minimum atomic E-state index is -0.0217. The van der Waals surface area contributed by atoms with Crippen LogP contribution in [-0.2, 0) is 11.2 Å². The van der Waals surface area contributed by atoms with E-state index in [1.54, 1.807) is 6.20 Å². The predicted molar refractivity (Wildman–Crippen MR) is 58.4 cm³/mol. The number of oxazole rings is 1. The van der Waals surface area contributed by atoms with Gasteiger partial charge in [0, 0.05) is 5.41 Å². The van der Waals surface area contributed by atoms with Crippen LogP contribution in [0.3, 0.4) is 0 Å². The maximum atomic E-state index is 7.04. The van der Waals surface area contributed by atoms with Crippen molar-refractivity contribution in [2.24, 2.45) is 5.73 Å². The summed E-state index contributed by atoms with van der Waals surface area (Å²) in [4.78, 5) is 4.11. The summed E-state index contributed by atoms with van der Waals surface area (Å²) in [6.45, 7) is 6.19. The molecule has 0 fully saturated rings. The molecule has 0 saturated carbocycles. The molecular formula is C9H15N3OS. The molecule has 0 aromatic carbocycles. The number of nitrogens with two attached hydrogens (primary N) is 1. The second kappa shape index (κ2) is 4.04. The highest BCUT2D eigenvalue weighted by atomic mass is 32.2. The molecule has 4 nitrogen and oxygen atoms in total. The molecule has 1 aromatic rings. The second-order valence-electron chi connectivity index (χ2n) is 4.02. The van der Waals surface area contributed by atoms with Gasteiger partial charge in [0.05, 0.1) is 11.9 Å². The number of thioether (sulfide) groups is 1. The SMILES string of the molecule is CC(C)(C)c1cnc(CSC(=N)N)o1. The Labute approximate surface area is 87.8 Å². The zero-order valence-electron chi connectivity index (χ0n) is 8.63. The third-order valence-corrected chi connectivity index (χ3v) is 2.35. The fourth-order valence-corrected chi connectivity index (χ4v) is 1.28. The topological polar surface area (TPSA) is 75.9 Å². The lowest BCUT2D eigenvalue weighted by molar-refractivity contribution is 0.391. The molecule has 0 aliphatic carbocycles. The molecular weight excluding hydrogens is 198 g/mol. The zero-order valence-corrected chi connectivity index (χ0v) is 9.44. The highest BCUT2D eigenvalue weighted by Crippen LogP contribution is 2.23. The van der Waals surface area contributed by atoms with Gasteiger partial charge in [-0.15, -0.1) is 0 Å². The second-order valence-corrected chi connectivity index (χ2v) is 5.04. The number of rotatable bonds is 2. The Hall–Kier alpha value is -0.970. The van der Waals surface area contributed by atoms with Gasteiger partial charge in [-0.05, 0) is 0 Å². The van der Waals surface area contributed by atoms with Crippen molar-refractivity contribution in [3.63, 3.8) is 0 Å². The summed E-state index contributed by atoms with van der Waals surface area (Å²) in [7, 11) is 0. The Kier molecular flexibility index (Phi) is 3.21. The Bertz CT molecular complexity index is 327. The van der Waals surface area contributed by atoms with Crippen molar-refractivity contribution in [2.75, 3.05) is 0 Å². The molecule has 0 bridgehead atoms. The van der Waals surface area contributed by atoms with Gasteiger partial charge in [0.2, 0.25) is 5.89 Å². The van der Waals surface area contributed by atoms with Crippen LogP contribution in [0.4, 0.5) is 0 Å². The van der Waals surface area contributed by atoms with E-state index in [0.29, 0.717) is 11.6 Å². The van der Waals surface area contributed by atoms with E-state index >= 15 is 0 Å². The number of nitrogens with zero attached hydrogens (tertiary/aromatic N) is 1. The Morgan fingerprint density at radius 3 is 2.71 bits per heavy atom. The van der Waals surface area contributed by atoms with Crippen molar-refractivity contribution >= 4 is 16.9 Å². The van der Waals surface area contributed by atoms with E-state index in [1.807, 2.05) is 0 Å². The van der Waals surface area contributed by atoms with E-state index in [9.17, 15) is 0 Å². The maximum Gasteiger partial charge on any atom is 0.204 e. The van der Waals surface area contributed by atoms with Gasteiger partial charge in [-0.3, -0.25) is 5.41 Å². The molecule has 1 rings (SSSR count). The first kappa shape index (κ1) is 11.1. The molecule has 0 aliphatic rings. The fraction of sp³-hybridized carbons (Fsp3) is 0.556. The third-order valence-electron chi connectivity index (χ3n) is 1.64. The first-order valence-electron chi connectivity index (χ1n) is 4.31. The number of hydrogen-bond acceptors (Lipinski definition) is 4.